The number of nitrogens with two attached hydrogens (primary N) is 1. The van der Waals surface area contributed by atoms with Gasteiger partial charge in [-0.25, -0.2) is 8.42 Å². The lowest BCUT2D eigenvalue weighted by atomic mass is 10.3. The highest BCUT2D eigenvalue weighted by Gasteiger charge is 2.16. The number of aromatic amines is 1. The van der Waals surface area contributed by atoms with Crippen LogP contribution in [0.3, 0.4) is 0 Å². The minimum absolute atomic E-state index is 0.117. The molecular weight excluding hydrogens is 302 g/mol. The van der Waals surface area contributed by atoms with E-state index in [-0.39, 0.29) is 11.4 Å². The van der Waals surface area contributed by atoms with Gasteiger partial charge in [0.05, 0.1) is 17.8 Å². The summed E-state index contributed by atoms with van der Waals surface area (Å²) in [6, 6.07) is 6.10. The lowest BCUT2D eigenvalue weighted by Gasteiger charge is -2.09. The van der Waals surface area contributed by atoms with Crippen LogP contribution in [0, 0.1) is 0 Å². The Bertz CT molecular complexity index is 712. The van der Waals surface area contributed by atoms with Crippen molar-refractivity contribution in [3.05, 3.63) is 41.2 Å². The average Bonchev–Trinajstić information content (AvgIpc) is 2.90. The summed E-state index contributed by atoms with van der Waals surface area (Å²) in [6.07, 6.45) is 1.39. The fourth-order valence-corrected chi connectivity index (χ4v) is 2.89. The second-order valence-corrected chi connectivity index (χ2v) is 6.11. The van der Waals surface area contributed by atoms with Crippen LogP contribution in [0.1, 0.15) is 5.69 Å². The van der Waals surface area contributed by atoms with E-state index in [1.165, 1.54) is 25.4 Å². The molecule has 1 aromatic heterocycles. The first-order valence-corrected chi connectivity index (χ1v) is 7.56. The fraction of sp³-hybridized carbons (Fsp3) is 0.167. The maximum Gasteiger partial charge on any atom is 0.263 e. The average molecular weight is 316 g/mol. The molecule has 0 atom stereocenters. The first-order valence-electron chi connectivity index (χ1n) is 5.70. The number of aromatic nitrogens is 1. The molecule has 0 unspecified atom stereocenters. The molecule has 0 amide bonds. The van der Waals surface area contributed by atoms with Gasteiger partial charge >= 0.3 is 0 Å². The van der Waals surface area contributed by atoms with Gasteiger partial charge in [0.1, 0.15) is 10.6 Å². The van der Waals surface area contributed by atoms with Gasteiger partial charge < -0.3 is 15.5 Å². The van der Waals surface area contributed by atoms with Crippen LogP contribution in [0.5, 0.6) is 5.75 Å². The van der Waals surface area contributed by atoms with E-state index in [0.717, 1.165) is 0 Å². The van der Waals surface area contributed by atoms with Crippen LogP contribution in [-0.2, 0) is 16.6 Å². The smallest absolute Gasteiger partial charge is 0.263 e. The van der Waals surface area contributed by atoms with Crippen LogP contribution in [0.4, 0.5) is 5.69 Å². The van der Waals surface area contributed by atoms with E-state index in [9.17, 15) is 8.42 Å². The Morgan fingerprint density at radius 1 is 1.40 bits per heavy atom. The van der Waals surface area contributed by atoms with E-state index in [4.69, 9.17) is 22.1 Å². The molecule has 6 nitrogen and oxygen atoms in total. The highest BCUT2D eigenvalue weighted by atomic mass is 35.5. The Labute approximate surface area is 121 Å². The number of hydrogen-bond acceptors (Lipinski definition) is 4. The predicted molar refractivity (Wildman–Crippen MR) is 77.5 cm³/mol. The van der Waals surface area contributed by atoms with E-state index in [2.05, 4.69) is 9.71 Å². The second kappa shape index (κ2) is 5.74. The fourth-order valence-electron chi connectivity index (χ4n) is 1.63. The van der Waals surface area contributed by atoms with E-state index < -0.39 is 10.0 Å². The number of nitrogens with one attached hydrogen (secondary N) is 2. The Balaban J connectivity index is 2.28. The van der Waals surface area contributed by atoms with Gasteiger partial charge in [-0.15, -0.1) is 0 Å². The van der Waals surface area contributed by atoms with Crippen molar-refractivity contribution in [3.63, 3.8) is 0 Å². The SMILES string of the molecule is COc1cc(NS(=O)(=O)c2c[nH]c(CN)c2)ccc1Cl. The molecule has 4 N–H and O–H groups in total. The Morgan fingerprint density at radius 3 is 2.75 bits per heavy atom. The molecule has 0 aliphatic carbocycles. The molecule has 0 radical (unpaired) electrons. The quantitative estimate of drug-likeness (QED) is 0.785. The molecule has 108 valence electrons. The van der Waals surface area contributed by atoms with Crippen molar-refractivity contribution in [1.82, 2.24) is 4.98 Å². The number of hydrogen-bond donors (Lipinski definition) is 3. The molecule has 0 saturated carbocycles. The summed E-state index contributed by atoms with van der Waals surface area (Å²) in [6.45, 7) is 0.240. The number of anilines is 1. The van der Waals surface area contributed by atoms with Crippen molar-refractivity contribution in [2.24, 2.45) is 5.73 Å². The molecule has 0 aliphatic heterocycles. The number of rotatable bonds is 5. The number of H-pyrrole nitrogens is 1. The van der Waals surface area contributed by atoms with Gasteiger partial charge in [0.2, 0.25) is 0 Å². The summed E-state index contributed by atoms with van der Waals surface area (Å²) in [4.78, 5) is 2.91. The first-order chi connectivity index (χ1) is 9.46. The molecular formula is C12H14ClN3O3S. The van der Waals surface area contributed by atoms with Crippen LogP contribution in [0.2, 0.25) is 5.02 Å². The maximum absolute atomic E-state index is 12.2. The third-order valence-electron chi connectivity index (χ3n) is 2.65. The van der Waals surface area contributed by atoms with Gasteiger partial charge in [-0.2, -0.15) is 0 Å². The van der Waals surface area contributed by atoms with Crippen molar-refractivity contribution in [2.45, 2.75) is 11.4 Å². The van der Waals surface area contributed by atoms with Crippen molar-refractivity contribution < 1.29 is 13.2 Å². The van der Waals surface area contributed by atoms with E-state index in [1.54, 1.807) is 12.1 Å². The molecule has 1 heterocycles. The minimum Gasteiger partial charge on any atom is -0.495 e. The summed E-state index contributed by atoms with van der Waals surface area (Å²) < 4.78 is 31.8. The molecule has 0 fully saturated rings. The lowest BCUT2D eigenvalue weighted by molar-refractivity contribution is 0.415. The van der Waals surface area contributed by atoms with Crippen molar-refractivity contribution in [2.75, 3.05) is 11.8 Å². The topological polar surface area (TPSA) is 97.2 Å². The molecule has 1 aromatic carbocycles. The third-order valence-corrected chi connectivity index (χ3v) is 4.32. The van der Waals surface area contributed by atoms with Crippen molar-refractivity contribution >= 4 is 27.3 Å². The van der Waals surface area contributed by atoms with E-state index in [0.29, 0.717) is 22.2 Å². The summed E-state index contributed by atoms with van der Waals surface area (Å²) in [5.74, 6) is 0.392. The Hall–Kier alpha value is -1.70. The Morgan fingerprint density at radius 2 is 2.15 bits per heavy atom. The largest absolute Gasteiger partial charge is 0.495 e. The normalized spacial score (nSPS) is 11.3. The molecule has 20 heavy (non-hydrogen) atoms. The zero-order valence-electron chi connectivity index (χ0n) is 10.7. The third kappa shape index (κ3) is 3.06. The first kappa shape index (κ1) is 14.7. The zero-order valence-corrected chi connectivity index (χ0v) is 12.3. The molecule has 2 rings (SSSR count). The van der Waals surface area contributed by atoms with Gasteiger partial charge in [0.15, 0.2) is 0 Å². The predicted octanol–water partition coefficient (Wildman–Crippen LogP) is 1.94. The number of sulfonamides is 1. The number of benzene rings is 1. The van der Waals surface area contributed by atoms with Gasteiger partial charge in [-0.05, 0) is 18.2 Å². The highest BCUT2D eigenvalue weighted by molar-refractivity contribution is 7.92. The van der Waals surface area contributed by atoms with E-state index in [1.807, 2.05) is 0 Å². The molecule has 0 spiro atoms. The Kier molecular flexibility index (Phi) is 4.22. The van der Waals surface area contributed by atoms with Crippen LogP contribution in [0.15, 0.2) is 35.4 Å². The number of halogens is 1. The molecule has 2 aromatic rings. The molecule has 0 aliphatic rings. The maximum atomic E-state index is 12.2. The van der Waals surface area contributed by atoms with Crippen LogP contribution in [-0.4, -0.2) is 20.5 Å². The van der Waals surface area contributed by atoms with E-state index >= 15 is 0 Å². The van der Waals surface area contributed by atoms with Crippen LogP contribution < -0.4 is 15.2 Å². The summed E-state index contributed by atoms with van der Waals surface area (Å²) in [5.41, 5.74) is 6.44. The molecule has 8 heteroatoms. The van der Waals surface area contributed by atoms with Gasteiger partial charge in [-0.3, -0.25) is 4.72 Å². The zero-order chi connectivity index (χ0) is 14.8. The lowest BCUT2D eigenvalue weighted by Crippen LogP contribution is -2.12. The summed E-state index contributed by atoms with van der Waals surface area (Å²) in [7, 11) is -2.22. The highest BCUT2D eigenvalue weighted by Crippen LogP contribution is 2.28. The van der Waals surface area contributed by atoms with Crippen LogP contribution >= 0.6 is 11.6 Å². The van der Waals surface area contributed by atoms with Crippen molar-refractivity contribution in [3.8, 4) is 5.75 Å². The van der Waals surface area contributed by atoms with Crippen LogP contribution in [0.25, 0.3) is 0 Å². The van der Waals surface area contributed by atoms with Crippen molar-refractivity contribution in [1.29, 1.82) is 0 Å². The monoisotopic (exact) mass is 315 g/mol. The summed E-state index contributed by atoms with van der Waals surface area (Å²) in [5, 5.41) is 0.405. The van der Waals surface area contributed by atoms with Gasteiger partial charge in [0.25, 0.3) is 10.0 Å². The second-order valence-electron chi connectivity index (χ2n) is 4.02. The number of methoxy groups -OCH3 is 1. The standard InChI is InChI=1S/C12H14ClN3O3S/c1-19-12-5-8(2-3-11(12)13)16-20(17,18)10-4-9(6-14)15-7-10/h2-5,7,15-16H,6,14H2,1H3. The minimum atomic E-state index is -3.68. The summed E-state index contributed by atoms with van der Waals surface area (Å²) >= 11 is 5.89. The van der Waals surface area contributed by atoms with Gasteiger partial charge in [-0.1, -0.05) is 11.6 Å². The van der Waals surface area contributed by atoms with Gasteiger partial charge in [0, 0.05) is 24.5 Å². The molecule has 0 saturated heterocycles. The number of ether oxygens (including phenoxy) is 1. The molecule has 0 bridgehead atoms.